The van der Waals surface area contributed by atoms with Crippen LogP contribution in [0, 0.1) is 19.3 Å². The summed E-state index contributed by atoms with van der Waals surface area (Å²) in [5, 5.41) is 8.21. The molecule has 3 heteroatoms. The van der Waals surface area contributed by atoms with Crippen LogP contribution in [0.4, 0.5) is 0 Å². The molecule has 0 radical (unpaired) electrons. The van der Waals surface area contributed by atoms with Crippen molar-refractivity contribution in [2.75, 3.05) is 0 Å². The van der Waals surface area contributed by atoms with Crippen LogP contribution >= 0.6 is 0 Å². The second-order valence-electron chi connectivity index (χ2n) is 4.75. The Morgan fingerprint density at radius 1 is 1.23 bits per heavy atom. The van der Waals surface area contributed by atoms with Gasteiger partial charge in [0.25, 0.3) is 0 Å². The molecule has 0 saturated carbocycles. The maximum absolute atomic E-state index is 4.15. The highest BCUT2D eigenvalue weighted by Crippen LogP contribution is 2.30. The zero-order valence-corrected chi connectivity index (χ0v) is 9.42. The molecule has 0 N–H and O–H groups in total. The summed E-state index contributed by atoms with van der Waals surface area (Å²) in [6.07, 6.45) is 0. The topological polar surface area (TPSA) is 30.7 Å². The summed E-state index contributed by atoms with van der Waals surface area (Å²) in [5.41, 5.74) is 2.42. The fourth-order valence-electron chi connectivity index (χ4n) is 1.16. The number of aromatic nitrogens is 3. The Kier molecular flexibility index (Phi) is 2.46. The van der Waals surface area contributed by atoms with Crippen LogP contribution in [-0.4, -0.2) is 15.0 Å². The van der Waals surface area contributed by atoms with Gasteiger partial charge in [0.05, 0.1) is 17.4 Å². The van der Waals surface area contributed by atoms with Gasteiger partial charge >= 0.3 is 0 Å². The molecular formula is C10H19N3. The van der Waals surface area contributed by atoms with Crippen molar-refractivity contribution in [3.8, 4) is 0 Å². The molecule has 0 fully saturated rings. The normalized spacial score (nSPS) is 14.6. The van der Waals surface area contributed by atoms with Crippen LogP contribution in [0.5, 0.6) is 0 Å². The van der Waals surface area contributed by atoms with Gasteiger partial charge in [-0.05, 0) is 26.2 Å². The van der Waals surface area contributed by atoms with E-state index in [9.17, 15) is 0 Å². The van der Waals surface area contributed by atoms with E-state index in [2.05, 4.69) is 44.9 Å². The second-order valence-corrected chi connectivity index (χ2v) is 4.75. The van der Waals surface area contributed by atoms with Crippen LogP contribution in [0.25, 0.3) is 0 Å². The highest BCUT2D eigenvalue weighted by molar-refractivity contribution is 5.06. The van der Waals surface area contributed by atoms with E-state index in [-0.39, 0.29) is 5.41 Å². The molecule has 0 amide bonds. The molecule has 0 aromatic carbocycles. The Morgan fingerprint density at radius 2 is 1.77 bits per heavy atom. The third-order valence-corrected chi connectivity index (χ3v) is 2.78. The van der Waals surface area contributed by atoms with Gasteiger partial charge in [-0.15, -0.1) is 5.10 Å². The van der Waals surface area contributed by atoms with E-state index in [4.69, 9.17) is 0 Å². The van der Waals surface area contributed by atoms with Crippen LogP contribution in [0.2, 0.25) is 0 Å². The second kappa shape index (κ2) is 3.13. The van der Waals surface area contributed by atoms with Crippen molar-refractivity contribution >= 4 is 0 Å². The lowest BCUT2D eigenvalue weighted by Crippen LogP contribution is -2.23. The highest BCUT2D eigenvalue weighted by Gasteiger charge is 2.24. The minimum absolute atomic E-state index is 0.227. The summed E-state index contributed by atoms with van der Waals surface area (Å²) >= 11 is 0. The van der Waals surface area contributed by atoms with E-state index >= 15 is 0 Å². The van der Waals surface area contributed by atoms with Crippen LogP contribution in [0.1, 0.15) is 45.1 Å². The van der Waals surface area contributed by atoms with Gasteiger partial charge in [-0.25, -0.2) is 4.68 Å². The monoisotopic (exact) mass is 181 g/mol. The average molecular weight is 181 g/mol. The molecule has 1 unspecified atom stereocenters. The maximum Gasteiger partial charge on any atom is 0.0825 e. The van der Waals surface area contributed by atoms with Crippen molar-refractivity contribution in [2.24, 2.45) is 5.41 Å². The van der Waals surface area contributed by atoms with Crippen molar-refractivity contribution in [3.63, 3.8) is 0 Å². The van der Waals surface area contributed by atoms with Crippen molar-refractivity contribution in [1.29, 1.82) is 0 Å². The minimum Gasteiger partial charge on any atom is -0.246 e. The number of hydrogen-bond donors (Lipinski definition) is 0. The van der Waals surface area contributed by atoms with Crippen molar-refractivity contribution in [2.45, 2.75) is 47.6 Å². The SMILES string of the molecule is Cc1nnn(C(C)C(C)(C)C)c1C. The van der Waals surface area contributed by atoms with Crippen LogP contribution in [0.15, 0.2) is 0 Å². The van der Waals surface area contributed by atoms with Gasteiger partial charge < -0.3 is 0 Å². The Hall–Kier alpha value is -0.860. The van der Waals surface area contributed by atoms with Gasteiger partial charge in [-0.2, -0.15) is 0 Å². The average Bonchev–Trinajstić information content (AvgIpc) is 2.30. The molecule has 74 valence electrons. The van der Waals surface area contributed by atoms with Crippen LogP contribution < -0.4 is 0 Å². The van der Waals surface area contributed by atoms with Crippen molar-refractivity contribution in [1.82, 2.24) is 15.0 Å². The molecule has 1 atom stereocenters. The van der Waals surface area contributed by atoms with Crippen LogP contribution in [-0.2, 0) is 0 Å². The van der Waals surface area contributed by atoms with E-state index in [1.54, 1.807) is 0 Å². The predicted molar refractivity (Wildman–Crippen MR) is 53.7 cm³/mol. The lowest BCUT2D eigenvalue weighted by atomic mass is 9.88. The van der Waals surface area contributed by atoms with Gasteiger partial charge in [0.15, 0.2) is 0 Å². The summed E-state index contributed by atoms with van der Waals surface area (Å²) in [6, 6.07) is 0.383. The van der Waals surface area contributed by atoms with Gasteiger partial charge in [0.1, 0.15) is 0 Å². The third-order valence-electron chi connectivity index (χ3n) is 2.78. The Labute approximate surface area is 80.1 Å². The molecule has 0 spiro atoms. The Balaban J connectivity index is 3.02. The molecular weight excluding hydrogens is 162 g/mol. The van der Waals surface area contributed by atoms with E-state index < -0.39 is 0 Å². The molecule has 0 aliphatic carbocycles. The quantitative estimate of drug-likeness (QED) is 0.666. The lowest BCUT2D eigenvalue weighted by molar-refractivity contribution is 0.238. The summed E-state index contributed by atoms with van der Waals surface area (Å²) in [6.45, 7) is 12.9. The minimum atomic E-state index is 0.227. The standard InChI is InChI=1S/C10H19N3/c1-7-8(2)13(12-11-7)9(3)10(4,5)6/h9H,1-6H3. The fraction of sp³-hybridized carbons (Fsp3) is 0.800. The Bertz CT molecular complexity index is 294. The lowest BCUT2D eigenvalue weighted by Gasteiger charge is -2.27. The van der Waals surface area contributed by atoms with E-state index in [1.165, 1.54) is 5.69 Å². The zero-order valence-electron chi connectivity index (χ0n) is 9.42. The van der Waals surface area contributed by atoms with Crippen LogP contribution in [0.3, 0.4) is 0 Å². The molecule has 0 bridgehead atoms. The first kappa shape index (κ1) is 10.2. The number of rotatable bonds is 1. The summed E-state index contributed by atoms with van der Waals surface area (Å²) < 4.78 is 2.01. The molecule has 0 saturated heterocycles. The number of aryl methyl sites for hydroxylation is 1. The van der Waals surface area contributed by atoms with Gasteiger partial charge in [0.2, 0.25) is 0 Å². The van der Waals surface area contributed by atoms with Gasteiger partial charge in [0, 0.05) is 0 Å². The fourth-order valence-corrected chi connectivity index (χ4v) is 1.16. The third kappa shape index (κ3) is 1.90. The molecule has 3 nitrogen and oxygen atoms in total. The maximum atomic E-state index is 4.15. The zero-order chi connectivity index (χ0) is 10.2. The van der Waals surface area contributed by atoms with E-state index in [0.29, 0.717) is 6.04 Å². The summed E-state index contributed by atoms with van der Waals surface area (Å²) in [7, 11) is 0. The number of nitrogens with zero attached hydrogens (tertiary/aromatic N) is 3. The van der Waals surface area contributed by atoms with Gasteiger partial charge in [-0.3, -0.25) is 0 Å². The highest BCUT2D eigenvalue weighted by atomic mass is 15.4. The molecule has 13 heavy (non-hydrogen) atoms. The largest absolute Gasteiger partial charge is 0.246 e. The van der Waals surface area contributed by atoms with E-state index in [0.717, 1.165) is 5.69 Å². The first-order chi connectivity index (χ1) is 5.84. The van der Waals surface area contributed by atoms with Crippen molar-refractivity contribution < 1.29 is 0 Å². The summed E-state index contributed by atoms with van der Waals surface area (Å²) in [5.74, 6) is 0. The van der Waals surface area contributed by atoms with Crippen molar-refractivity contribution in [3.05, 3.63) is 11.4 Å². The molecule has 0 aliphatic heterocycles. The molecule has 0 aliphatic rings. The molecule has 1 heterocycles. The first-order valence-corrected chi connectivity index (χ1v) is 4.72. The predicted octanol–water partition coefficient (Wildman–Crippen LogP) is 2.50. The van der Waals surface area contributed by atoms with E-state index in [1.807, 2.05) is 11.6 Å². The molecule has 1 aromatic rings. The Morgan fingerprint density at radius 3 is 2.08 bits per heavy atom. The first-order valence-electron chi connectivity index (χ1n) is 4.72. The number of hydrogen-bond acceptors (Lipinski definition) is 2. The smallest absolute Gasteiger partial charge is 0.0825 e. The molecule has 1 rings (SSSR count). The van der Waals surface area contributed by atoms with Gasteiger partial charge in [-0.1, -0.05) is 26.0 Å². The molecule has 1 aromatic heterocycles. The summed E-state index contributed by atoms with van der Waals surface area (Å²) in [4.78, 5) is 0.